The van der Waals surface area contributed by atoms with Crippen molar-refractivity contribution in [2.45, 2.75) is 57.2 Å². The Bertz CT molecular complexity index is 358. The van der Waals surface area contributed by atoms with E-state index in [0.717, 1.165) is 18.8 Å². The highest BCUT2D eigenvalue weighted by Gasteiger charge is 2.64. The molecule has 2 heteroatoms. The van der Waals surface area contributed by atoms with Crippen LogP contribution in [-0.2, 0) is 4.74 Å². The van der Waals surface area contributed by atoms with E-state index >= 15 is 0 Å². The molecule has 0 aromatic heterocycles. The molecule has 0 saturated heterocycles. The van der Waals surface area contributed by atoms with Crippen molar-refractivity contribution in [2.24, 2.45) is 11.3 Å². The van der Waals surface area contributed by atoms with Gasteiger partial charge in [0.25, 0.3) is 0 Å². The van der Waals surface area contributed by atoms with Crippen LogP contribution in [-0.4, -0.2) is 23.4 Å². The van der Waals surface area contributed by atoms with E-state index in [-0.39, 0.29) is 5.60 Å². The van der Waals surface area contributed by atoms with Crippen molar-refractivity contribution in [2.75, 3.05) is 7.11 Å². The molecule has 3 aliphatic rings. The normalized spacial score (nSPS) is 55.0. The van der Waals surface area contributed by atoms with Crippen molar-refractivity contribution in [3.8, 4) is 0 Å². The van der Waals surface area contributed by atoms with Crippen LogP contribution in [0.2, 0.25) is 0 Å². The Morgan fingerprint density at radius 1 is 1.44 bits per heavy atom. The SMILES string of the molecule is CO[C@]12CC[C@]3(C1)C(=C[C@@]2(C)O)CCC3C. The lowest BCUT2D eigenvalue weighted by molar-refractivity contribution is -0.142. The average Bonchev–Trinajstić information content (AvgIpc) is 2.75. The Kier molecular flexibility index (Phi) is 1.96. The first-order chi connectivity index (χ1) is 7.46. The molecule has 16 heavy (non-hydrogen) atoms. The Hall–Kier alpha value is -0.340. The predicted octanol–water partition coefficient (Wildman–Crippen LogP) is 2.66. The van der Waals surface area contributed by atoms with Gasteiger partial charge in [-0.05, 0) is 50.4 Å². The summed E-state index contributed by atoms with van der Waals surface area (Å²) in [4.78, 5) is 0. The summed E-state index contributed by atoms with van der Waals surface area (Å²) in [5.74, 6) is 0.756. The van der Waals surface area contributed by atoms with E-state index in [1.54, 1.807) is 7.11 Å². The van der Waals surface area contributed by atoms with E-state index in [2.05, 4.69) is 13.0 Å². The van der Waals surface area contributed by atoms with E-state index in [1.165, 1.54) is 24.8 Å². The van der Waals surface area contributed by atoms with Gasteiger partial charge in [0, 0.05) is 7.11 Å². The molecule has 4 atom stereocenters. The van der Waals surface area contributed by atoms with Gasteiger partial charge in [0.05, 0.1) is 0 Å². The highest BCUT2D eigenvalue weighted by molar-refractivity contribution is 5.36. The molecule has 2 nitrogen and oxygen atoms in total. The zero-order chi connectivity index (χ0) is 11.6. The van der Waals surface area contributed by atoms with E-state index in [9.17, 15) is 5.11 Å². The molecule has 3 aliphatic carbocycles. The molecule has 2 fully saturated rings. The smallest absolute Gasteiger partial charge is 0.109 e. The molecule has 0 amide bonds. The zero-order valence-electron chi connectivity index (χ0n) is 10.5. The maximum atomic E-state index is 10.6. The van der Waals surface area contributed by atoms with Crippen molar-refractivity contribution in [1.29, 1.82) is 0 Å². The third-order valence-corrected chi connectivity index (χ3v) is 5.77. The lowest BCUT2D eigenvalue weighted by Gasteiger charge is -2.46. The number of fused-ring (bicyclic) bond motifs is 1. The summed E-state index contributed by atoms with van der Waals surface area (Å²) < 4.78 is 5.74. The van der Waals surface area contributed by atoms with E-state index < -0.39 is 5.60 Å². The first kappa shape index (κ1) is 10.8. The fourth-order valence-electron chi connectivity index (χ4n) is 4.52. The second-order valence-electron chi connectivity index (χ2n) is 6.29. The van der Waals surface area contributed by atoms with Crippen LogP contribution >= 0.6 is 0 Å². The van der Waals surface area contributed by atoms with Gasteiger partial charge in [-0.3, -0.25) is 0 Å². The number of allylic oxidation sites excluding steroid dienone is 1. The molecule has 0 aliphatic heterocycles. The summed E-state index contributed by atoms with van der Waals surface area (Å²) in [5.41, 5.74) is 0.768. The lowest BCUT2D eigenvalue weighted by atomic mass is 9.66. The highest BCUT2D eigenvalue weighted by Crippen LogP contribution is 2.66. The molecule has 0 aromatic rings. The molecule has 0 heterocycles. The number of hydrogen-bond donors (Lipinski definition) is 1. The van der Waals surface area contributed by atoms with Crippen LogP contribution in [0, 0.1) is 11.3 Å². The Labute approximate surface area is 97.7 Å². The topological polar surface area (TPSA) is 29.5 Å². The zero-order valence-corrected chi connectivity index (χ0v) is 10.5. The first-order valence-corrected chi connectivity index (χ1v) is 6.46. The van der Waals surface area contributed by atoms with E-state index in [4.69, 9.17) is 4.74 Å². The summed E-state index contributed by atoms with van der Waals surface area (Å²) in [6, 6.07) is 0. The molecule has 90 valence electrons. The molecule has 1 unspecified atom stereocenters. The van der Waals surface area contributed by atoms with Crippen LogP contribution in [0.25, 0.3) is 0 Å². The molecule has 2 saturated carbocycles. The minimum atomic E-state index is -0.777. The van der Waals surface area contributed by atoms with E-state index in [1.807, 2.05) is 6.92 Å². The minimum absolute atomic E-state index is 0.324. The Morgan fingerprint density at radius 3 is 2.88 bits per heavy atom. The number of ether oxygens (including phenoxy) is 1. The van der Waals surface area contributed by atoms with Gasteiger partial charge in [-0.1, -0.05) is 18.6 Å². The van der Waals surface area contributed by atoms with Crippen LogP contribution in [0.3, 0.4) is 0 Å². The third kappa shape index (κ3) is 1.01. The largest absolute Gasteiger partial charge is 0.383 e. The fraction of sp³-hybridized carbons (Fsp3) is 0.857. The highest BCUT2D eigenvalue weighted by atomic mass is 16.5. The maximum absolute atomic E-state index is 10.6. The average molecular weight is 222 g/mol. The molecular formula is C14H22O2. The van der Waals surface area contributed by atoms with Crippen LogP contribution in [0.5, 0.6) is 0 Å². The Balaban J connectivity index is 2.13. The quantitative estimate of drug-likeness (QED) is 0.691. The van der Waals surface area contributed by atoms with Crippen molar-refractivity contribution in [3.05, 3.63) is 11.6 Å². The Morgan fingerprint density at radius 2 is 2.19 bits per heavy atom. The van der Waals surface area contributed by atoms with Crippen molar-refractivity contribution < 1.29 is 9.84 Å². The number of methoxy groups -OCH3 is 1. The van der Waals surface area contributed by atoms with Crippen LogP contribution in [0.15, 0.2) is 11.6 Å². The van der Waals surface area contributed by atoms with Crippen molar-refractivity contribution in [3.63, 3.8) is 0 Å². The summed E-state index contributed by atoms with van der Waals surface area (Å²) in [7, 11) is 1.76. The molecule has 2 bridgehead atoms. The maximum Gasteiger partial charge on any atom is 0.109 e. The number of aliphatic hydroxyl groups is 1. The molecule has 3 rings (SSSR count). The van der Waals surface area contributed by atoms with Gasteiger partial charge in [0.1, 0.15) is 11.2 Å². The third-order valence-electron chi connectivity index (χ3n) is 5.77. The molecule has 1 spiro atoms. The second-order valence-corrected chi connectivity index (χ2v) is 6.29. The minimum Gasteiger partial charge on any atom is -0.383 e. The van der Waals surface area contributed by atoms with Gasteiger partial charge in [0.15, 0.2) is 0 Å². The van der Waals surface area contributed by atoms with Gasteiger partial charge in [-0.15, -0.1) is 0 Å². The molecular weight excluding hydrogens is 200 g/mol. The van der Waals surface area contributed by atoms with Crippen molar-refractivity contribution in [1.82, 2.24) is 0 Å². The molecule has 0 radical (unpaired) electrons. The van der Waals surface area contributed by atoms with Gasteiger partial charge >= 0.3 is 0 Å². The molecule has 0 aromatic carbocycles. The monoisotopic (exact) mass is 222 g/mol. The second kappa shape index (κ2) is 2.91. The van der Waals surface area contributed by atoms with Gasteiger partial charge < -0.3 is 9.84 Å². The summed E-state index contributed by atoms with van der Waals surface area (Å²) in [6.45, 7) is 4.29. The van der Waals surface area contributed by atoms with Crippen LogP contribution in [0.1, 0.15) is 46.0 Å². The predicted molar refractivity (Wildman–Crippen MR) is 63.1 cm³/mol. The van der Waals surface area contributed by atoms with Gasteiger partial charge in [0.2, 0.25) is 0 Å². The van der Waals surface area contributed by atoms with Gasteiger partial charge in [-0.25, -0.2) is 0 Å². The molecule has 1 N–H and O–H groups in total. The van der Waals surface area contributed by atoms with Crippen molar-refractivity contribution >= 4 is 0 Å². The summed E-state index contributed by atoms with van der Waals surface area (Å²) in [5, 5.41) is 10.6. The van der Waals surface area contributed by atoms with Crippen LogP contribution in [0.4, 0.5) is 0 Å². The number of hydrogen-bond acceptors (Lipinski definition) is 2. The van der Waals surface area contributed by atoms with E-state index in [0.29, 0.717) is 5.41 Å². The fourth-order valence-corrected chi connectivity index (χ4v) is 4.52. The summed E-state index contributed by atoms with van der Waals surface area (Å²) >= 11 is 0. The number of rotatable bonds is 1. The van der Waals surface area contributed by atoms with Gasteiger partial charge in [-0.2, -0.15) is 0 Å². The summed E-state index contributed by atoms with van der Waals surface area (Å²) in [6.07, 6.45) is 7.80. The standard InChI is InChI=1S/C14H22O2/c1-10-4-5-11-8-12(2,15)14(16-3)7-6-13(10,11)9-14/h8,10,15H,4-7,9H2,1-3H3/t10?,12-,13-,14-/m1/s1. The van der Waals surface area contributed by atoms with Crippen LogP contribution < -0.4 is 0 Å². The first-order valence-electron chi connectivity index (χ1n) is 6.46. The lowest BCUT2D eigenvalue weighted by Crippen LogP contribution is -2.54.